The van der Waals surface area contributed by atoms with Crippen molar-refractivity contribution in [1.82, 2.24) is 9.97 Å². The van der Waals surface area contributed by atoms with E-state index in [0.717, 1.165) is 13.0 Å². The molecule has 5 heteroatoms. The van der Waals surface area contributed by atoms with Gasteiger partial charge in [-0.3, -0.25) is 4.79 Å². The zero-order valence-electron chi connectivity index (χ0n) is 7.58. The van der Waals surface area contributed by atoms with Crippen LogP contribution in [0.15, 0.2) is 17.2 Å². The van der Waals surface area contributed by atoms with Gasteiger partial charge in [-0.1, -0.05) is 0 Å². The van der Waals surface area contributed by atoms with Gasteiger partial charge in [-0.25, -0.2) is 4.98 Å². The number of rotatable bonds is 4. The lowest BCUT2D eigenvalue weighted by Crippen LogP contribution is -2.20. The highest BCUT2D eigenvalue weighted by Gasteiger charge is 1.95. The second-order valence-corrected chi connectivity index (χ2v) is 2.99. The van der Waals surface area contributed by atoms with E-state index in [-0.39, 0.29) is 11.6 Å². The van der Waals surface area contributed by atoms with Crippen LogP contribution < -0.4 is 16.6 Å². The molecule has 0 saturated heterocycles. The van der Waals surface area contributed by atoms with Gasteiger partial charge >= 0.3 is 0 Å². The molecule has 13 heavy (non-hydrogen) atoms. The van der Waals surface area contributed by atoms with Crippen LogP contribution in [-0.2, 0) is 0 Å². The summed E-state index contributed by atoms with van der Waals surface area (Å²) in [7, 11) is 0. The van der Waals surface area contributed by atoms with Gasteiger partial charge in [0.1, 0.15) is 5.82 Å². The van der Waals surface area contributed by atoms with E-state index in [4.69, 9.17) is 5.73 Å². The van der Waals surface area contributed by atoms with Crippen LogP contribution in [0.25, 0.3) is 0 Å². The van der Waals surface area contributed by atoms with Crippen LogP contribution in [0.5, 0.6) is 0 Å². The molecule has 0 radical (unpaired) electrons. The molecule has 0 aliphatic heterocycles. The fraction of sp³-hybridized carbons (Fsp3) is 0.500. The summed E-state index contributed by atoms with van der Waals surface area (Å²) in [5, 5.41) is 3.01. The Balaban J connectivity index is 2.41. The van der Waals surface area contributed by atoms with Gasteiger partial charge in [-0.05, 0) is 13.3 Å². The molecular formula is C8H14N4O. The number of aromatic amines is 1. The lowest BCUT2D eigenvalue weighted by Gasteiger charge is -2.06. The van der Waals surface area contributed by atoms with Gasteiger partial charge in [0, 0.05) is 18.7 Å². The van der Waals surface area contributed by atoms with Gasteiger partial charge in [-0.15, -0.1) is 0 Å². The summed E-state index contributed by atoms with van der Waals surface area (Å²) in [6.45, 7) is 2.67. The van der Waals surface area contributed by atoms with E-state index < -0.39 is 0 Å². The summed E-state index contributed by atoms with van der Waals surface area (Å²) in [5.74, 6) is 0.587. The maximum Gasteiger partial charge on any atom is 0.252 e. The third-order valence-electron chi connectivity index (χ3n) is 1.58. The number of nitrogens with zero attached hydrogens (tertiary/aromatic N) is 1. The Kier molecular flexibility index (Phi) is 3.45. The molecule has 0 aromatic carbocycles. The number of hydrogen-bond acceptors (Lipinski definition) is 4. The molecular weight excluding hydrogens is 168 g/mol. The largest absolute Gasteiger partial charge is 0.370 e. The smallest absolute Gasteiger partial charge is 0.252 e. The molecule has 0 aliphatic rings. The van der Waals surface area contributed by atoms with Crippen LogP contribution in [0, 0.1) is 0 Å². The first-order valence-corrected chi connectivity index (χ1v) is 4.22. The molecule has 0 spiro atoms. The number of nitrogens with one attached hydrogen (secondary N) is 2. The Morgan fingerprint density at radius 2 is 2.54 bits per heavy atom. The van der Waals surface area contributed by atoms with E-state index in [2.05, 4.69) is 15.3 Å². The molecule has 0 aliphatic carbocycles. The van der Waals surface area contributed by atoms with Crippen LogP contribution in [0.3, 0.4) is 0 Å². The Morgan fingerprint density at radius 1 is 1.77 bits per heavy atom. The number of H-pyrrole nitrogens is 1. The third-order valence-corrected chi connectivity index (χ3v) is 1.58. The molecule has 1 rings (SSSR count). The van der Waals surface area contributed by atoms with Crippen molar-refractivity contribution < 1.29 is 0 Å². The van der Waals surface area contributed by atoms with Gasteiger partial charge in [0.25, 0.3) is 5.56 Å². The van der Waals surface area contributed by atoms with Crippen LogP contribution in [0.1, 0.15) is 13.3 Å². The first-order chi connectivity index (χ1) is 6.18. The summed E-state index contributed by atoms with van der Waals surface area (Å²) in [6.07, 6.45) is 2.23. The molecule has 5 nitrogen and oxygen atoms in total. The second-order valence-electron chi connectivity index (χ2n) is 2.99. The van der Waals surface area contributed by atoms with E-state index in [1.165, 1.54) is 12.4 Å². The first-order valence-electron chi connectivity index (χ1n) is 4.22. The Morgan fingerprint density at radius 3 is 3.15 bits per heavy atom. The van der Waals surface area contributed by atoms with E-state index in [0.29, 0.717) is 5.82 Å². The molecule has 0 bridgehead atoms. The average molecular weight is 182 g/mol. The van der Waals surface area contributed by atoms with Crippen molar-refractivity contribution in [3.05, 3.63) is 22.7 Å². The second kappa shape index (κ2) is 4.61. The van der Waals surface area contributed by atoms with Gasteiger partial charge in [0.05, 0.1) is 6.33 Å². The topological polar surface area (TPSA) is 83.8 Å². The van der Waals surface area contributed by atoms with Crippen LogP contribution in [0.4, 0.5) is 5.82 Å². The molecule has 0 saturated carbocycles. The highest BCUT2D eigenvalue weighted by molar-refractivity contribution is 5.31. The van der Waals surface area contributed by atoms with Gasteiger partial charge < -0.3 is 16.0 Å². The Labute approximate surface area is 76.4 Å². The fourth-order valence-corrected chi connectivity index (χ4v) is 0.893. The van der Waals surface area contributed by atoms with Crippen LogP contribution >= 0.6 is 0 Å². The Bertz CT molecular complexity index is 307. The van der Waals surface area contributed by atoms with E-state index >= 15 is 0 Å². The monoisotopic (exact) mass is 182 g/mol. The molecule has 1 aromatic heterocycles. The molecule has 4 N–H and O–H groups in total. The van der Waals surface area contributed by atoms with Gasteiger partial charge in [-0.2, -0.15) is 0 Å². The van der Waals surface area contributed by atoms with E-state index in [9.17, 15) is 4.79 Å². The predicted octanol–water partition coefficient (Wildman–Crippen LogP) is -0.0809. The minimum Gasteiger partial charge on any atom is -0.370 e. The van der Waals surface area contributed by atoms with E-state index in [1.807, 2.05) is 6.92 Å². The van der Waals surface area contributed by atoms with Crippen molar-refractivity contribution in [1.29, 1.82) is 0 Å². The molecule has 1 aromatic rings. The number of anilines is 1. The van der Waals surface area contributed by atoms with Crippen molar-refractivity contribution in [3.8, 4) is 0 Å². The summed E-state index contributed by atoms with van der Waals surface area (Å²) >= 11 is 0. The average Bonchev–Trinajstić information content (AvgIpc) is 2.03. The maximum absolute atomic E-state index is 10.8. The van der Waals surface area contributed by atoms with Crippen LogP contribution in [0.2, 0.25) is 0 Å². The Hall–Kier alpha value is -1.36. The molecule has 72 valence electrons. The molecule has 1 unspecified atom stereocenters. The SMILES string of the molecule is CC(N)CCNc1cc(=O)[nH]cn1. The van der Waals surface area contributed by atoms with Crippen molar-refractivity contribution in [3.63, 3.8) is 0 Å². The van der Waals surface area contributed by atoms with Crippen LogP contribution in [-0.4, -0.2) is 22.6 Å². The lowest BCUT2D eigenvalue weighted by molar-refractivity contribution is 0.689. The summed E-state index contributed by atoms with van der Waals surface area (Å²) < 4.78 is 0. The number of nitrogens with two attached hydrogens (primary N) is 1. The third kappa shape index (κ3) is 3.71. The lowest BCUT2D eigenvalue weighted by atomic mass is 10.2. The molecule has 0 fully saturated rings. The minimum absolute atomic E-state index is 0.154. The standard InChI is InChI=1S/C8H14N4O/c1-6(9)2-3-10-7-4-8(13)12-5-11-7/h4-6H,2-3,9H2,1H3,(H2,10,11,12,13). The number of aromatic nitrogens is 2. The maximum atomic E-state index is 10.8. The fourth-order valence-electron chi connectivity index (χ4n) is 0.893. The normalized spacial score (nSPS) is 12.5. The van der Waals surface area contributed by atoms with Crippen molar-refractivity contribution >= 4 is 5.82 Å². The highest BCUT2D eigenvalue weighted by atomic mass is 16.1. The first kappa shape index (κ1) is 9.73. The zero-order chi connectivity index (χ0) is 9.68. The van der Waals surface area contributed by atoms with Crippen molar-refractivity contribution in [2.75, 3.05) is 11.9 Å². The zero-order valence-corrected chi connectivity index (χ0v) is 7.58. The molecule has 1 heterocycles. The quantitative estimate of drug-likeness (QED) is 0.608. The summed E-state index contributed by atoms with van der Waals surface area (Å²) in [4.78, 5) is 17.2. The minimum atomic E-state index is -0.154. The number of hydrogen-bond donors (Lipinski definition) is 3. The highest BCUT2D eigenvalue weighted by Crippen LogP contribution is 1.95. The molecule has 1 atom stereocenters. The summed E-state index contributed by atoms with van der Waals surface area (Å²) in [5.41, 5.74) is 5.40. The molecule has 0 amide bonds. The summed E-state index contributed by atoms with van der Waals surface area (Å²) in [6, 6.07) is 1.58. The predicted molar refractivity (Wildman–Crippen MR) is 51.6 cm³/mol. The van der Waals surface area contributed by atoms with Crippen molar-refractivity contribution in [2.45, 2.75) is 19.4 Å². The van der Waals surface area contributed by atoms with Crippen molar-refractivity contribution in [2.24, 2.45) is 5.73 Å². The van der Waals surface area contributed by atoms with Gasteiger partial charge in [0.15, 0.2) is 0 Å². The van der Waals surface area contributed by atoms with Gasteiger partial charge in [0.2, 0.25) is 0 Å². The van der Waals surface area contributed by atoms with E-state index in [1.54, 1.807) is 0 Å².